The van der Waals surface area contributed by atoms with E-state index >= 15 is 0 Å². The lowest BCUT2D eigenvalue weighted by molar-refractivity contribution is -0.124. The van der Waals surface area contributed by atoms with Crippen LogP contribution in [0.25, 0.3) is 0 Å². The van der Waals surface area contributed by atoms with E-state index in [1.165, 1.54) is 23.1 Å². The fraction of sp³-hybridized carbons (Fsp3) is 0.263. The molecule has 0 unspecified atom stereocenters. The molecule has 2 aromatic carbocycles. The maximum absolute atomic E-state index is 13.9. The Morgan fingerprint density at radius 1 is 1.16 bits per heavy atom. The highest BCUT2D eigenvalue weighted by Gasteiger charge is 2.36. The van der Waals surface area contributed by atoms with Gasteiger partial charge in [-0.3, -0.25) is 9.59 Å². The van der Waals surface area contributed by atoms with Gasteiger partial charge in [0.25, 0.3) is 5.91 Å². The SMILES string of the molecule is COc1cccc(N2CCN(C(=O)c3ccccc3F)[C@H](C)C2=O)c1. The minimum atomic E-state index is -0.674. The molecule has 5 nitrogen and oxygen atoms in total. The summed E-state index contributed by atoms with van der Waals surface area (Å²) in [4.78, 5) is 28.4. The molecule has 6 heteroatoms. The molecule has 0 N–H and O–H groups in total. The molecule has 1 aliphatic rings. The molecule has 0 aromatic heterocycles. The molecular weight excluding hydrogens is 323 g/mol. The van der Waals surface area contributed by atoms with Crippen molar-refractivity contribution in [2.45, 2.75) is 13.0 Å². The zero-order chi connectivity index (χ0) is 18.0. The van der Waals surface area contributed by atoms with Crippen LogP contribution in [0.2, 0.25) is 0 Å². The summed E-state index contributed by atoms with van der Waals surface area (Å²) >= 11 is 0. The Bertz CT molecular complexity index is 809. The van der Waals surface area contributed by atoms with Crippen molar-refractivity contribution in [2.75, 3.05) is 25.1 Å². The highest BCUT2D eigenvalue weighted by Crippen LogP contribution is 2.25. The lowest BCUT2D eigenvalue weighted by Crippen LogP contribution is -2.57. The second-order valence-corrected chi connectivity index (χ2v) is 5.85. The molecule has 1 saturated heterocycles. The van der Waals surface area contributed by atoms with E-state index in [0.29, 0.717) is 24.5 Å². The highest BCUT2D eigenvalue weighted by atomic mass is 19.1. The van der Waals surface area contributed by atoms with E-state index in [9.17, 15) is 14.0 Å². The molecular formula is C19H19FN2O3. The summed E-state index contributed by atoms with van der Waals surface area (Å²) in [5, 5.41) is 0. The van der Waals surface area contributed by atoms with Gasteiger partial charge in [0.15, 0.2) is 0 Å². The molecule has 1 aliphatic heterocycles. The van der Waals surface area contributed by atoms with Crippen molar-refractivity contribution < 1.29 is 18.7 Å². The predicted octanol–water partition coefficient (Wildman–Crippen LogP) is 2.71. The average molecular weight is 342 g/mol. The van der Waals surface area contributed by atoms with Crippen molar-refractivity contribution >= 4 is 17.5 Å². The number of anilines is 1. The Hall–Kier alpha value is -2.89. The predicted molar refractivity (Wildman–Crippen MR) is 92.2 cm³/mol. The first-order chi connectivity index (χ1) is 12.0. The van der Waals surface area contributed by atoms with Crippen molar-refractivity contribution in [2.24, 2.45) is 0 Å². The van der Waals surface area contributed by atoms with Gasteiger partial charge in [-0.05, 0) is 31.2 Å². The summed E-state index contributed by atoms with van der Waals surface area (Å²) in [6, 6.07) is 12.3. The topological polar surface area (TPSA) is 49.9 Å². The maximum atomic E-state index is 13.9. The minimum absolute atomic E-state index is 0.0167. The Morgan fingerprint density at radius 3 is 2.64 bits per heavy atom. The van der Waals surface area contributed by atoms with Crippen molar-refractivity contribution in [1.29, 1.82) is 0 Å². The van der Waals surface area contributed by atoms with E-state index in [0.717, 1.165) is 0 Å². The lowest BCUT2D eigenvalue weighted by Gasteiger charge is -2.39. The number of hydrogen-bond acceptors (Lipinski definition) is 3. The number of hydrogen-bond donors (Lipinski definition) is 0. The van der Waals surface area contributed by atoms with E-state index in [2.05, 4.69) is 0 Å². The van der Waals surface area contributed by atoms with Crippen LogP contribution < -0.4 is 9.64 Å². The van der Waals surface area contributed by atoms with E-state index in [4.69, 9.17) is 4.74 Å². The van der Waals surface area contributed by atoms with Gasteiger partial charge < -0.3 is 14.5 Å². The van der Waals surface area contributed by atoms with Crippen LogP contribution in [0.5, 0.6) is 5.75 Å². The summed E-state index contributed by atoms with van der Waals surface area (Å²) in [5.74, 6) is -0.598. The largest absolute Gasteiger partial charge is 0.497 e. The normalized spacial score (nSPS) is 17.6. The molecule has 3 rings (SSSR count). The van der Waals surface area contributed by atoms with Crippen LogP contribution in [0.15, 0.2) is 48.5 Å². The Labute approximate surface area is 145 Å². The molecule has 0 spiro atoms. The molecule has 25 heavy (non-hydrogen) atoms. The lowest BCUT2D eigenvalue weighted by atomic mass is 10.1. The molecule has 0 aliphatic carbocycles. The number of ether oxygens (including phenoxy) is 1. The minimum Gasteiger partial charge on any atom is -0.497 e. The summed E-state index contributed by atoms with van der Waals surface area (Å²) in [5.41, 5.74) is 0.700. The molecule has 130 valence electrons. The molecule has 0 saturated carbocycles. The van der Waals surface area contributed by atoms with Crippen LogP contribution in [0.4, 0.5) is 10.1 Å². The first kappa shape index (κ1) is 17.0. The second-order valence-electron chi connectivity index (χ2n) is 5.85. The van der Waals surface area contributed by atoms with Crippen LogP contribution in [0.1, 0.15) is 17.3 Å². The van der Waals surface area contributed by atoms with Crippen LogP contribution >= 0.6 is 0 Å². The number of methoxy groups -OCH3 is 1. The van der Waals surface area contributed by atoms with Crippen LogP contribution in [-0.4, -0.2) is 43.0 Å². The Kier molecular flexibility index (Phi) is 4.70. The first-order valence-electron chi connectivity index (χ1n) is 8.04. The van der Waals surface area contributed by atoms with Gasteiger partial charge >= 0.3 is 0 Å². The Morgan fingerprint density at radius 2 is 1.92 bits per heavy atom. The van der Waals surface area contributed by atoms with Gasteiger partial charge in [-0.15, -0.1) is 0 Å². The number of halogens is 1. The summed E-state index contributed by atoms with van der Waals surface area (Å²) < 4.78 is 19.1. The molecule has 2 amide bonds. The van der Waals surface area contributed by atoms with Crippen molar-refractivity contribution in [3.8, 4) is 5.75 Å². The molecule has 0 radical (unpaired) electrons. The third-order valence-electron chi connectivity index (χ3n) is 4.39. The fourth-order valence-electron chi connectivity index (χ4n) is 2.97. The van der Waals surface area contributed by atoms with Gasteiger partial charge in [0.05, 0.1) is 12.7 Å². The van der Waals surface area contributed by atoms with Gasteiger partial charge in [-0.25, -0.2) is 4.39 Å². The van der Waals surface area contributed by atoms with E-state index in [1.807, 2.05) is 12.1 Å². The summed E-state index contributed by atoms with van der Waals surface area (Å²) in [6.45, 7) is 2.33. The van der Waals surface area contributed by atoms with Gasteiger partial charge in [0, 0.05) is 24.8 Å². The highest BCUT2D eigenvalue weighted by molar-refractivity contribution is 6.03. The third-order valence-corrected chi connectivity index (χ3v) is 4.39. The van der Waals surface area contributed by atoms with Gasteiger partial charge in [-0.2, -0.15) is 0 Å². The third kappa shape index (κ3) is 3.20. The number of rotatable bonds is 3. The number of carbonyl (C=O) groups excluding carboxylic acids is 2. The standard InChI is InChI=1S/C19H19FN2O3/c1-13-18(23)22(14-6-5-7-15(12-14)25-2)11-10-21(13)19(24)16-8-3-4-9-17(16)20/h3-9,12-13H,10-11H2,1-2H3/t13-/m1/s1. The first-order valence-corrected chi connectivity index (χ1v) is 8.04. The van der Waals surface area contributed by atoms with E-state index in [-0.39, 0.29) is 11.5 Å². The van der Waals surface area contributed by atoms with Gasteiger partial charge in [0.2, 0.25) is 5.91 Å². The van der Waals surface area contributed by atoms with Crippen molar-refractivity contribution in [1.82, 2.24) is 4.90 Å². The second kappa shape index (κ2) is 6.93. The Balaban J connectivity index is 1.82. The number of nitrogens with zero attached hydrogens (tertiary/aromatic N) is 2. The molecule has 1 fully saturated rings. The molecule has 1 atom stereocenters. The van der Waals surface area contributed by atoms with Crippen LogP contribution in [-0.2, 0) is 4.79 Å². The number of amides is 2. The molecule has 1 heterocycles. The zero-order valence-corrected chi connectivity index (χ0v) is 14.1. The van der Waals surface area contributed by atoms with Gasteiger partial charge in [-0.1, -0.05) is 18.2 Å². The maximum Gasteiger partial charge on any atom is 0.257 e. The number of benzene rings is 2. The van der Waals surface area contributed by atoms with E-state index in [1.54, 1.807) is 37.1 Å². The van der Waals surface area contributed by atoms with E-state index < -0.39 is 17.8 Å². The average Bonchev–Trinajstić information content (AvgIpc) is 2.64. The van der Waals surface area contributed by atoms with Crippen LogP contribution in [0, 0.1) is 5.82 Å². The van der Waals surface area contributed by atoms with Crippen molar-refractivity contribution in [3.05, 3.63) is 59.9 Å². The molecule has 2 aromatic rings. The fourth-order valence-corrected chi connectivity index (χ4v) is 2.97. The van der Waals surface area contributed by atoms with Gasteiger partial charge in [0.1, 0.15) is 17.6 Å². The molecule has 0 bridgehead atoms. The monoisotopic (exact) mass is 342 g/mol. The smallest absolute Gasteiger partial charge is 0.257 e. The summed E-state index contributed by atoms with van der Waals surface area (Å²) in [7, 11) is 1.56. The summed E-state index contributed by atoms with van der Waals surface area (Å²) in [6.07, 6.45) is 0. The van der Waals surface area contributed by atoms with Crippen LogP contribution in [0.3, 0.4) is 0 Å². The quantitative estimate of drug-likeness (QED) is 0.862. The number of carbonyl (C=O) groups is 2. The number of piperazine rings is 1. The van der Waals surface area contributed by atoms with Crippen molar-refractivity contribution in [3.63, 3.8) is 0 Å². The zero-order valence-electron chi connectivity index (χ0n) is 14.1.